The minimum atomic E-state index is 0.652. The number of carbonyl (C=O) groups is 1. The first-order valence-electron chi connectivity index (χ1n) is 6.66. The molecule has 0 bridgehead atoms. The van der Waals surface area contributed by atoms with Crippen molar-refractivity contribution in [2.24, 2.45) is 0 Å². The van der Waals surface area contributed by atoms with Crippen LogP contribution in [0.25, 0.3) is 0 Å². The molecule has 1 aromatic carbocycles. The Kier molecular flexibility index (Phi) is 3.27. The van der Waals surface area contributed by atoms with Crippen LogP contribution in [0.15, 0.2) is 42.6 Å². The number of fused-ring (bicyclic) bond motifs is 1. The number of anilines is 2. The predicted molar refractivity (Wildman–Crippen MR) is 76.0 cm³/mol. The third-order valence-corrected chi connectivity index (χ3v) is 3.56. The number of pyridine rings is 1. The fraction of sp³-hybridized carbons (Fsp3) is 0.250. The average molecular weight is 252 g/mol. The molecule has 0 radical (unpaired) electrons. The van der Waals surface area contributed by atoms with Crippen LogP contribution in [-0.2, 0) is 6.42 Å². The fourth-order valence-corrected chi connectivity index (χ4v) is 2.64. The van der Waals surface area contributed by atoms with Crippen molar-refractivity contribution in [2.45, 2.75) is 19.3 Å². The lowest BCUT2D eigenvalue weighted by atomic mass is 10.1. The van der Waals surface area contributed by atoms with Gasteiger partial charge in [0.2, 0.25) is 0 Å². The number of para-hydroxylation sites is 1. The molecule has 3 rings (SSSR count). The van der Waals surface area contributed by atoms with Crippen LogP contribution in [0, 0.1) is 0 Å². The second-order valence-electron chi connectivity index (χ2n) is 4.77. The number of aryl methyl sites for hydroxylation is 1. The summed E-state index contributed by atoms with van der Waals surface area (Å²) in [5, 5.41) is 0. The number of carbonyl (C=O) groups excluding carboxylic acids is 1. The van der Waals surface area contributed by atoms with E-state index in [1.54, 1.807) is 12.3 Å². The predicted octanol–water partition coefficient (Wildman–Crippen LogP) is 3.37. The molecule has 0 N–H and O–H groups in total. The molecule has 3 heteroatoms. The van der Waals surface area contributed by atoms with E-state index >= 15 is 0 Å². The van der Waals surface area contributed by atoms with E-state index in [2.05, 4.69) is 28.1 Å². The van der Waals surface area contributed by atoms with E-state index in [-0.39, 0.29) is 0 Å². The number of hydrogen-bond donors (Lipinski definition) is 0. The molecule has 0 amide bonds. The number of rotatable bonds is 2. The van der Waals surface area contributed by atoms with Crippen molar-refractivity contribution in [1.29, 1.82) is 0 Å². The Morgan fingerprint density at radius 2 is 2.00 bits per heavy atom. The summed E-state index contributed by atoms with van der Waals surface area (Å²) in [5.41, 5.74) is 3.17. The quantitative estimate of drug-likeness (QED) is 0.768. The molecule has 1 aromatic heterocycles. The van der Waals surface area contributed by atoms with Crippen LogP contribution >= 0.6 is 0 Å². The molecule has 1 aliphatic heterocycles. The SMILES string of the molecule is O=Cc1cccnc1N1CCCCc2ccccc21. The second-order valence-corrected chi connectivity index (χ2v) is 4.77. The van der Waals surface area contributed by atoms with E-state index in [0.29, 0.717) is 5.56 Å². The molecule has 1 aliphatic rings. The summed E-state index contributed by atoms with van der Waals surface area (Å²) in [6.07, 6.45) is 6.02. The van der Waals surface area contributed by atoms with Crippen LogP contribution in [0.3, 0.4) is 0 Å². The Hall–Kier alpha value is -2.16. The number of aromatic nitrogens is 1. The highest BCUT2D eigenvalue weighted by molar-refractivity contribution is 5.85. The number of benzene rings is 1. The van der Waals surface area contributed by atoms with Gasteiger partial charge in [-0.15, -0.1) is 0 Å². The van der Waals surface area contributed by atoms with Gasteiger partial charge >= 0.3 is 0 Å². The van der Waals surface area contributed by atoms with Gasteiger partial charge in [0.1, 0.15) is 5.82 Å². The first-order chi connectivity index (χ1) is 9.40. The van der Waals surface area contributed by atoms with Crippen LogP contribution in [0.5, 0.6) is 0 Å². The van der Waals surface area contributed by atoms with Crippen molar-refractivity contribution in [3.63, 3.8) is 0 Å². The van der Waals surface area contributed by atoms with Crippen LogP contribution in [0.2, 0.25) is 0 Å². The summed E-state index contributed by atoms with van der Waals surface area (Å²) in [7, 11) is 0. The lowest BCUT2D eigenvalue weighted by Crippen LogP contribution is -2.20. The van der Waals surface area contributed by atoms with Crippen LogP contribution in [0.1, 0.15) is 28.8 Å². The largest absolute Gasteiger partial charge is 0.326 e. The second kappa shape index (κ2) is 5.22. The first kappa shape index (κ1) is 11.9. The summed E-state index contributed by atoms with van der Waals surface area (Å²) in [6, 6.07) is 12.0. The van der Waals surface area contributed by atoms with Gasteiger partial charge in [-0.3, -0.25) is 4.79 Å². The molecule has 0 saturated heterocycles. The summed E-state index contributed by atoms with van der Waals surface area (Å²) < 4.78 is 0. The Balaban J connectivity index is 2.12. The number of aldehydes is 1. The van der Waals surface area contributed by atoms with Gasteiger partial charge in [0, 0.05) is 18.4 Å². The van der Waals surface area contributed by atoms with E-state index < -0.39 is 0 Å². The summed E-state index contributed by atoms with van der Waals surface area (Å²) in [4.78, 5) is 17.8. The van der Waals surface area contributed by atoms with Gasteiger partial charge in [-0.25, -0.2) is 4.98 Å². The zero-order chi connectivity index (χ0) is 13.1. The van der Waals surface area contributed by atoms with Crippen LogP contribution in [0.4, 0.5) is 11.5 Å². The summed E-state index contributed by atoms with van der Waals surface area (Å²) in [5.74, 6) is 0.770. The highest BCUT2D eigenvalue weighted by Gasteiger charge is 2.19. The first-order valence-corrected chi connectivity index (χ1v) is 6.66. The standard InChI is InChI=1S/C16H16N2O/c19-12-14-8-5-10-17-16(14)18-11-4-3-7-13-6-1-2-9-15(13)18/h1-2,5-6,8-10,12H,3-4,7,11H2. The summed E-state index contributed by atoms with van der Waals surface area (Å²) >= 11 is 0. The molecular weight excluding hydrogens is 236 g/mol. The molecule has 0 unspecified atom stereocenters. The van der Waals surface area contributed by atoms with Crippen molar-refractivity contribution in [3.8, 4) is 0 Å². The molecule has 0 spiro atoms. The molecule has 19 heavy (non-hydrogen) atoms. The van der Waals surface area contributed by atoms with Crippen LogP contribution in [-0.4, -0.2) is 17.8 Å². The zero-order valence-electron chi connectivity index (χ0n) is 10.7. The maximum atomic E-state index is 11.2. The Bertz CT molecular complexity index is 595. The molecule has 0 saturated carbocycles. The minimum absolute atomic E-state index is 0.652. The highest BCUT2D eigenvalue weighted by Crippen LogP contribution is 2.32. The van der Waals surface area contributed by atoms with Gasteiger partial charge in [-0.2, -0.15) is 0 Å². The lowest BCUT2D eigenvalue weighted by molar-refractivity contribution is 0.112. The molecule has 0 aliphatic carbocycles. The van der Waals surface area contributed by atoms with Gasteiger partial charge in [0.25, 0.3) is 0 Å². The van der Waals surface area contributed by atoms with Gasteiger partial charge in [-0.05, 0) is 43.0 Å². The topological polar surface area (TPSA) is 33.2 Å². The number of nitrogens with zero attached hydrogens (tertiary/aromatic N) is 2. The zero-order valence-corrected chi connectivity index (χ0v) is 10.7. The van der Waals surface area contributed by atoms with E-state index in [4.69, 9.17) is 0 Å². The highest BCUT2D eigenvalue weighted by atomic mass is 16.1. The molecule has 2 heterocycles. The Morgan fingerprint density at radius 3 is 2.89 bits per heavy atom. The smallest absolute Gasteiger partial charge is 0.153 e. The van der Waals surface area contributed by atoms with Crippen molar-refractivity contribution >= 4 is 17.8 Å². The van der Waals surface area contributed by atoms with E-state index in [0.717, 1.165) is 31.5 Å². The van der Waals surface area contributed by atoms with E-state index in [9.17, 15) is 4.79 Å². The Morgan fingerprint density at radius 1 is 1.11 bits per heavy atom. The average Bonchev–Trinajstić information content (AvgIpc) is 2.69. The fourth-order valence-electron chi connectivity index (χ4n) is 2.64. The summed E-state index contributed by atoms with van der Waals surface area (Å²) in [6.45, 7) is 0.912. The monoisotopic (exact) mass is 252 g/mol. The molecule has 3 nitrogen and oxygen atoms in total. The minimum Gasteiger partial charge on any atom is -0.326 e. The maximum absolute atomic E-state index is 11.2. The van der Waals surface area contributed by atoms with Crippen molar-refractivity contribution < 1.29 is 4.79 Å². The molecule has 0 atom stereocenters. The maximum Gasteiger partial charge on any atom is 0.153 e. The normalized spacial score (nSPS) is 14.6. The van der Waals surface area contributed by atoms with Gasteiger partial charge in [0.05, 0.1) is 5.56 Å². The molecular formula is C16H16N2O. The number of hydrogen-bond acceptors (Lipinski definition) is 3. The van der Waals surface area contributed by atoms with Crippen LogP contribution < -0.4 is 4.90 Å². The Labute approximate surface area is 112 Å². The van der Waals surface area contributed by atoms with Crippen molar-refractivity contribution in [3.05, 3.63) is 53.7 Å². The van der Waals surface area contributed by atoms with Gasteiger partial charge < -0.3 is 4.90 Å². The molecule has 2 aromatic rings. The third kappa shape index (κ3) is 2.24. The van der Waals surface area contributed by atoms with Crippen molar-refractivity contribution in [1.82, 2.24) is 4.98 Å². The third-order valence-electron chi connectivity index (χ3n) is 3.56. The van der Waals surface area contributed by atoms with Gasteiger partial charge in [0.15, 0.2) is 6.29 Å². The van der Waals surface area contributed by atoms with Gasteiger partial charge in [-0.1, -0.05) is 18.2 Å². The van der Waals surface area contributed by atoms with Crippen molar-refractivity contribution in [2.75, 3.05) is 11.4 Å². The lowest BCUT2D eigenvalue weighted by Gasteiger charge is -2.24. The molecule has 96 valence electrons. The van der Waals surface area contributed by atoms with E-state index in [1.807, 2.05) is 12.1 Å². The molecule has 0 fully saturated rings. The van der Waals surface area contributed by atoms with E-state index in [1.165, 1.54) is 17.7 Å².